The molecule has 7 heteroatoms. The van der Waals surface area contributed by atoms with Crippen molar-refractivity contribution in [1.29, 1.82) is 0 Å². The molecule has 154 valence electrons. The van der Waals surface area contributed by atoms with Gasteiger partial charge in [0.15, 0.2) is 11.5 Å². The van der Waals surface area contributed by atoms with Crippen LogP contribution in [0.1, 0.15) is 0 Å². The van der Waals surface area contributed by atoms with Gasteiger partial charge in [-0.3, -0.25) is 9.78 Å². The van der Waals surface area contributed by atoms with Gasteiger partial charge in [0, 0.05) is 22.6 Å². The van der Waals surface area contributed by atoms with E-state index in [1.165, 1.54) is 6.07 Å². The molecule has 0 saturated heterocycles. The molecule has 0 aliphatic heterocycles. The molecule has 0 spiro atoms. The Kier molecular flexibility index (Phi) is 5.10. The molecule has 0 aliphatic carbocycles. The average molecular weight is 407 g/mol. The number of hydrogen-bond acceptors (Lipinski definition) is 6. The maximum Gasteiger partial charge on any atom is 0.250 e. The monoisotopic (exact) mass is 407 g/mol. The Hall–Kier alpha value is -3.87. The third-order valence-corrected chi connectivity index (χ3v) is 4.89. The van der Waals surface area contributed by atoms with Crippen LogP contribution < -0.4 is 24.5 Å². The molecule has 2 aromatic carbocycles. The molecule has 0 radical (unpaired) electrons. The second-order valence-electron chi connectivity index (χ2n) is 6.51. The summed E-state index contributed by atoms with van der Waals surface area (Å²) in [7, 11) is 6.30. The van der Waals surface area contributed by atoms with Crippen molar-refractivity contribution in [3.05, 3.63) is 58.9 Å². The van der Waals surface area contributed by atoms with Crippen LogP contribution >= 0.6 is 0 Å². The van der Waals surface area contributed by atoms with Crippen LogP contribution in [0.3, 0.4) is 0 Å². The second kappa shape index (κ2) is 7.87. The number of rotatable bonds is 6. The maximum absolute atomic E-state index is 11.9. The van der Waals surface area contributed by atoms with E-state index in [4.69, 9.17) is 23.4 Å². The second-order valence-corrected chi connectivity index (χ2v) is 6.51. The predicted octanol–water partition coefficient (Wildman–Crippen LogP) is 4.49. The zero-order chi connectivity index (χ0) is 21.3. The first-order valence-corrected chi connectivity index (χ1v) is 9.20. The van der Waals surface area contributed by atoms with Crippen molar-refractivity contribution >= 4 is 11.1 Å². The normalized spacial score (nSPS) is 10.8. The lowest BCUT2D eigenvalue weighted by molar-refractivity contribution is 0.324. The first kappa shape index (κ1) is 19.4. The van der Waals surface area contributed by atoms with E-state index < -0.39 is 0 Å². The Morgan fingerprint density at radius 3 is 2.00 bits per heavy atom. The number of pyridine rings is 1. The number of furan rings is 1. The Balaban J connectivity index is 2.03. The summed E-state index contributed by atoms with van der Waals surface area (Å²) in [6.45, 7) is 0. The fraction of sp³-hybridized carbons (Fsp3) is 0.174. The van der Waals surface area contributed by atoms with Gasteiger partial charge in [-0.2, -0.15) is 0 Å². The smallest absolute Gasteiger partial charge is 0.250 e. The Labute approximate surface area is 172 Å². The van der Waals surface area contributed by atoms with Crippen LogP contribution in [-0.4, -0.2) is 33.4 Å². The summed E-state index contributed by atoms with van der Waals surface area (Å²) in [6.07, 6.45) is 0. The Morgan fingerprint density at radius 1 is 0.767 bits per heavy atom. The number of H-pyrrole nitrogens is 1. The molecule has 0 fully saturated rings. The number of fused-ring (bicyclic) bond motifs is 1. The van der Waals surface area contributed by atoms with Crippen molar-refractivity contribution in [2.45, 2.75) is 0 Å². The topological polar surface area (TPSA) is 82.9 Å². The summed E-state index contributed by atoms with van der Waals surface area (Å²) < 4.78 is 27.8. The van der Waals surface area contributed by atoms with E-state index in [1.54, 1.807) is 34.5 Å². The molecule has 0 unspecified atom stereocenters. The minimum atomic E-state index is -0.242. The van der Waals surface area contributed by atoms with Crippen molar-refractivity contribution in [1.82, 2.24) is 4.98 Å². The SMILES string of the molecule is COc1ccc(-c2oc3[nH]c(=O)ccc3c2-c2cc(OC)c(OC)c(OC)c2)cc1. The van der Waals surface area contributed by atoms with Crippen molar-refractivity contribution in [2.75, 3.05) is 28.4 Å². The molecule has 0 aliphatic rings. The van der Waals surface area contributed by atoms with E-state index in [2.05, 4.69) is 4.98 Å². The summed E-state index contributed by atoms with van der Waals surface area (Å²) >= 11 is 0. The summed E-state index contributed by atoms with van der Waals surface area (Å²) in [4.78, 5) is 14.6. The van der Waals surface area contributed by atoms with Crippen LogP contribution in [0.5, 0.6) is 23.0 Å². The highest BCUT2D eigenvalue weighted by atomic mass is 16.5. The van der Waals surface area contributed by atoms with Crippen LogP contribution in [0.15, 0.2) is 57.7 Å². The molecule has 0 atom stereocenters. The van der Waals surface area contributed by atoms with E-state index in [0.29, 0.717) is 28.7 Å². The lowest BCUT2D eigenvalue weighted by atomic mass is 9.98. The van der Waals surface area contributed by atoms with Crippen molar-refractivity contribution in [3.63, 3.8) is 0 Å². The molecule has 7 nitrogen and oxygen atoms in total. The zero-order valence-electron chi connectivity index (χ0n) is 17.1. The Morgan fingerprint density at radius 2 is 1.43 bits per heavy atom. The third kappa shape index (κ3) is 3.24. The van der Waals surface area contributed by atoms with E-state index >= 15 is 0 Å². The van der Waals surface area contributed by atoms with Gasteiger partial charge in [-0.1, -0.05) is 0 Å². The van der Waals surface area contributed by atoms with E-state index in [1.807, 2.05) is 36.4 Å². The van der Waals surface area contributed by atoms with Crippen molar-refractivity contribution in [3.8, 4) is 45.4 Å². The number of methoxy groups -OCH3 is 4. The van der Waals surface area contributed by atoms with Crippen LogP contribution in [0, 0.1) is 0 Å². The molecule has 4 aromatic rings. The van der Waals surface area contributed by atoms with Gasteiger partial charge in [0.1, 0.15) is 11.5 Å². The number of nitrogens with one attached hydrogen (secondary N) is 1. The number of hydrogen-bond donors (Lipinski definition) is 1. The minimum absolute atomic E-state index is 0.242. The van der Waals surface area contributed by atoms with E-state index in [-0.39, 0.29) is 5.56 Å². The molecule has 0 amide bonds. The molecule has 2 aromatic heterocycles. The van der Waals surface area contributed by atoms with Crippen LogP contribution in [-0.2, 0) is 0 Å². The van der Waals surface area contributed by atoms with Crippen LogP contribution in [0.2, 0.25) is 0 Å². The third-order valence-electron chi connectivity index (χ3n) is 4.89. The van der Waals surface area contributed by atoms with Gasteiger partial charge in [-0.15, -0.1) is 0 Å². The number of aromatic nitrogens is 1. The summed E-state index contributed by atoms with van der Waals surface area (Å²) in [6, 6.07) is 14.4. The standard InChI is InChI=1S/C23H21NO6/c1-26-15-7-5-13(6-8-15)21-20(16-9-10-19(25)24-23(16)30-21)14-11-17(27-2)22(29-4)18(12-14)28-3/h5-12H,1-4H3,(H,24,25). The largest absolute Gasteiger partial charge is 0.497 e. The van der Waals surface area contributed by atoms with Crippen molar-refractivity contribution in [2.24, 2.45) is 0 Å². The van der Waals surface area contributed by atoms with Gasteiger partial charge in [-0.25, -0.2) is 0 Å². The highest BCUT2D eigenvalue weighted by molar-refractivity contribution is 6.01. The predicted molar refractivity (Wildman–Crippen MR) is 114 cm³/mol. The molecule has 30 heavy (non-hydrogen) atoms. The summed E-state index contributed by atoms with van der Waals surface area (Å²) in [5, 5.41) is 0.759. The first-order valence-electron chi connectivity index (χ1n) is 9.20. The van der Waals surface area contributed by atoms with Gasteiger partial charge in [0.2, 0.25) is 11.5 Å². The molecule has 2 heterocycles. The number of ether oxygens (including phenoxy) is 4. The molecule has 0 bridgehead atoms. The minimum Gasteiger partial charge on any atom is -0.497 e. The quantitative estimate of drug-likeness (QED) is 0.507. The summed E-state index contributed by atoms with van der Waals surface area (Å²) in [5.41, 5.74) is 2.56. The molecular weight excluding hydrogens is 386 g/mol. The van der Waals surface area contributed by atoms with Crippen LogP contribution in [0.25, 0.3) is 33.6 Å². The highest BCUT2D eigenvalue weighted by Gasteiger charge is 2.22. The van der Waals surface area contributed by atoms with E-state index in [0.717, 1.165) is 27.8 Å². The van der Waals surface area contributed by atoms with Gasteiger partial charge in [0.25, 0.3) is 5.56 Å². The van der Waals surface area contributed by atoms with Gasteiger partial charge in [0.05, 0.1) is 28.4 Å². The van der Waals surface area contributed by atoms with Gasteiger partial charge in [-0.05, 0) is 48.0 Å². The molecule has 0 saturated carbocycles. The zero-order valence-corrected chi connectivity index (χ0v) is 17.1. The average Bonchev–Trinajstić information content (AvgIpc) is 3.16. The Bertz CT molecular complexity index is 1230. The lowest BCUT2D eigenvalue weighted by Gasteiger charge is -2.14. The van der Waals surface area contributed by atoms with Crippen molar-refractivity contribution < 1.29 is 23.4 Å². The summed E-state index contributed by atoms with van der Waals surface area (Å²) in [5.74, 6) is 2.87. The first-order chi connectivity index (χ1) is 14.6. The van der Waals surface area contributed by atoms with Gasteiger partial charge >= 0.3 is 0 Å². The molecular formula is C23H21NO6. The number of benzene rings is 2. The van der Waals surface area contributed by atoms with Gasteiger partial charge < -0.3 is 23.4 Å². The fourth-order valence-corrected chi connectivity index (χ4v) is 3.47. The fourth-order valence-electron chi connectivity index (χ4n) is 3.47. The van der Waals surface area contributed by atoms with E-state index in [9.17, 15) is 4.79 Å². The number of aromatic amines is 1. The molecule has 1 N–H and O–H groups in total. The van der Waals surface area contributed by atoms with Crippen LogP contribution in [0.4, 0.5) is 0 Å². The lowest BCUT2D eigenvalue weighted by Crippen LogP contribution is -2.01. The maximum atomic E-state index is 11.9. The molecule has 4 rings (SSSR count). The highest BCUT2D eigenvalue weighted by Crippen LogP contribution is 2.46.